The quantitative estimate of drug-likeness (QED) is 0.675. The summed E-state index contributed by atoms with van der Waals surface area (Å²) in [5.74, 6) is 1.91. The molecule has 0 bridgehead atoms. The number of hydrogen-bond donors (Lipinski definition) is 0. The van der Waals surface area contributed by atoms with Crippen molar-refractivity contribution in [2.75, 3.05) is 11.4 Å². The van der Waals surface area contributed by atoms with Crippen LogP contribution in [-0.2, 0) is 6.42 Å². The van der Waals surface area contributed by atoms with Gasteiger partial charge in [-0.05, 0) is 44.1 Å². The average Bonchev–Trinajstić information content (AvgIpc) is 3.24. The molecular formula is C21H25N5. The first-order chi connectivity index (χ1) is 12.9. The number of anilines is 1. The lowest BCUT2D eigenvalue weighted by atomic mass is 9.96. The van der Waals surface area contributed by atoms with E-state index < -0.39 is 0 Å². The average molecular weight is 347 g/mol. The molecule has 0 amide bonds. The Bertz CT molecular complexity index is 800. The fraction of sp³-hybridized carbons (Fsp3) is 0.381. The summed E-state index contributed by atoms with van der Waals surface area (Å²) in [6.07, 6.45) is 14.5. The van der Waals surface area contributed by atoms with Crippen LogP contribution in [0.5, 0.6) is 0 Å². The molecular weight excluding hydrogens is 322 g/mol. The van der Waals surface area contributed by atoms with Gasteiger partial charge >= 0.3 is 0 Å². The summed E-state index contributed by atoms with van der Waals surface area (Å²) in [5.41, 5.74) is 1.43. The van der Waals surface area contributed by atoms with Gasteiger partial charge in [-0.15, -0.1) is 0 Å². The van der Waals surface area contributed by atoms with Crippen LogP contribution >= 0.6 is 0 Å². The van der Waals surface area contributed by atoms with Crippen LogP contribution in [0.2, 0.25) is 0 Å². The maximum atomic E-state index is 4.57. The first-order valence-corrected chi connectivity index (χ1v) is 9.51. The normalized spacial score (nSPS) is 17.4. The minimum Gasteiger partial charge on any atom is -0.353 e. The molecule has 1 aliphatic heterocycles. The molecule has 0 N–H and O–H groups in total. The maximum absolute atomic E-state index is 4.57. The monoisotopic (exact) mass is 347 g/mol. The van der Waals surface area contributed by atoms with Gasteiger partial charge in [0.2, 0.25) is 0 Å². The van der Waals surface area contributed by atoms with Crippen LogP contribution in [0.25, 0.3) is 5.82 Å². The topological polar surface area (TPSA) is 46.8 Å². The van der Waals surface area contributed by atoms with Crippen LogP contribution in [0.3, 0.4) is 0 Å². The molecule has 1 aliphatic rings. The summed E-state index contributed by atoms with van der Waals surface area (Å²) >= 11 is 0. The maximum Gasteiger partial charge on any atom is 0.143 e. The van der Waals surface area contributed by atoms with Crippen molar-refractivity contribution in [3.8, 4) is 5.82 Å². The van der Waals surface area contributed by atoms with Crippen LogP contribution in [0, 0.1) is 0 Å². The molecule has 1 aromatic carbocycles. The zero-order valence-corrected chi connectivity index (χ0v) is 15.0. The summed E-state index contributed by atoms with van der Waals surface area (Å²) in [7, 11) is 0. The van der Waals surface area contributed by atoms with Gasteiger partial charge in [-0.25, -0.2) is 15.0 Å². The number of imidazole rings is 1. The molecule has 5 nitrogen and oxygen atoms in total. The second-order valence-electron chi connectivity index (χ2n) is 6.93. The fourth-order valence-corrected chi connectivity index (χ4v) is 3.82. The summed E-state index contributed by atoms with van der Waals surface area (Å²) < 4.78 is 1.93. The minimum atomic E-state index is 0.568. The molecule has 1 fully saturated rings. The van der Waals surface area contributed by atoms with E-state index in [-0.39, 0.29) is 0 Å². The van der Waals surface area contributed by atoms with Crippen LogP contribution in [-0.4, -0.2) is 32.1 Å². The Labute approximate surface area is 154 Å². The standard InChI is InChI=1S/C21H25N5/c1-2-7-18(8-3-1)9-6-11-19-10-4-5-13-26(19)21-15-20(23-16-24-21)25-14-12-22-17-25/h1-3,7-8,12,14-17,19H,4-6,9-11,13H2/t19-/m1/s1. The number of piperidine rings is 1. The van der Waals surface area contributed by atoms with Crippen molar-refractivity contribution in [3.05, 3.63) is 67.0 Å². The lowest BCUT2D eigenvalue weighted by molar-refractivity contribution is 0.426. The fourth-order valence-electron chi connectivity index (χ4n) is 3.82. The lowest BCUT2D eigenvalue weighted by Crippen LogP contribution is -2.40. The van der Waals surface area contributed by atoms with Gasteiger partial charge in [-0.1, -0.05) is 30.3 Å². The third kappa shape index (κ3) is 3.93. The Morgan fingerprint density at radius 1 is 1.04 bits per heavy atom. The molecule has 3 aromatic rings. The third-order valence-electron chi connectivity index (χ3n) is 5.17. The zero-order valence-electron chi connectivity index (χ0n) is 15.0. The van der Waals surface area contributed by atoms with Crippen LogP contribution < -0.4 is 4.90 Å². The lowest BCUT2D eigenvalue weighted by Gasteiger charge is -2.37. The van der Waals surface area contributed by atoms with Gasteiger partial charge in [0.05, 0.1) is 0 Å². The molecule has 0 radical (unpaired) electrons. The van der Waals surface area contributed by atoms with Gasteiger partial charge in [-0.3, -0.25) is 4.57 Å². The van der Waals surface area contributed by atoms with E-state index in [0.29, 0.717) is 6.04 Å². The molecule has 4 rings (SSSR count). The molecule has 0 aliphatic carbocycles. The molecule has 134 valence electrons. The Hall–Kier alpha value is -2.69. The first kappa shape index (κ1) is 16.8. The van der Waals surface area contributed by atoms with Gasteiger partial charge < -0.3 is 4.90 Å². The number of aromatic nitrogens is 4. The Morgan fingerprint density at radius 3 is 2.77 bits per heavy atom. The molecule has 2 aromatic heterocycles. The predicted octanol–water partition coefficient (Wildman–Crippen LogP) is 4.04. The highest BCUT2D eigenvalue weighted by Crippen LogP contribution is 2.27. The van der Waals surface area contributed by atoms with Crippen LogP contribution in [0.15, 0.2) is 61.4 Å². The third-order valence-corrected chi connectivity index (χ3v) is 5.17. The Kier molecular flexibility index (Phi) is 5.24. The summed E-state index contributed by atoms with van der Waals surface area (Å²) in [4.78, 5) is 15.6. The molecule has 3 heterocycles. The second-order valence-corrected chi connectivity index (χ2v) is 6.93. The van der Waals surface area contributed by atoms with E-state index in [4.69, 9.17) is 0 Å². The van der Waals surface area contributed by atoms with Crippen molar-refractivity contribution in [2.45, 2.75) is 44.6 Å². The van der Waals surface area contributed by atoms with Crippen LogP contribution in [0.1, 0.15) is 37.7 Å². The number of rotatable bonds is 6. The molecule has 0 saturated carbocycles. The summed E-state index contributed by atoms with van der Waals surface area (Å²) in [5, 5.41) is 0. The molecule has 0 unspecified atom stereocenters. The van der Waals surface area contributed by atoms with E-state index >= 15 is 0 Å². The van der Waals surface area contributed by atoms with Crippen molar-refractivity contribution in [1.29, 1.82) is 0 Å². The molecule has 1 saturated heterocycles. The van der Waals surface area contributed by atoms with Crippen molar-refractivity contribution in [3.63, 3.8) is 0 Å². The van der Waals surface area contributed by atoms with E-state index in [1.165, 1.54) is 37.7 Å². The van der Waals surface area contributed by atoms with E-state index in [2.05, 4.69) is 56.3 Å². The molecule has 26 heavy (non-hydrogen) atoms. The van der Waals surface area contributed by atoms with E-state index in [9.17, 15) is 0 Å². The zero-order chi connectivity index (χ0) is 17.6. The van der Waals surface area contributed by atoms with Gasteiger partial charge in [0.25, 0.3) is 0 Å². The van der Waals surface area contributed by atoms with E-state index in [1.54, 1.807) is 18.9 Å². The van der Waals surface area contributed by atoms with Crippen molar-refractivity contribution < 1.29 is 0 Å². The SMILES string of the molecule is c1ccc(CCC[C@H]2CCCCN2c2cc(-n3ccnc3)ncn2)cc1. The highest BCUT2D eigenvalue weighted by molar-refractivity contribution is 5.44. The number of aryl methyl sites for hydroxylation is 1. The summed E-state index contributed by atoms with van der Waals surface area (Å²) in [6, 6.07) is 13.4. The molecule has 1 atom stereocenters. The van der Waals surface area contributed by atoms with Gasteiger partial charge in [0, 0.05) is 31.0 Å². The van der Waals surface area contributed by atoms with Gasteiger partial charge in [0.1, 0.15) is 24.3 Å². The predicted molar refractivity (Wildman–Crippen MR) is 104 cm³/mol. The van der Waals surface area contributed by atoms with E-state index in [0.717, 1.165) is 24.6 Å². The largest absolute Gasteiger partial charge is 0.353 e. The first-order valence-electron chi connectivity index (χ1n) is 9.51. The van der Waals surface area contributed by atoms with Gasteiger partial charge in [-0.2, -0.15) is 0 Å². The highest BCUT2D eigenvalue weighted by Gasteiger charge is 2.23. The molecule has 0 spiro atoms. The van der Waals surface area contributed by atoms with Gasteiger partial charge in [0.15, 0.2) is 0 Å². The number of benzene rings is 1. The Balaban J connectivity index is 1.44. The van der Waals surface area contributed by atoms with E-state index in [1.807, 2.05) is 10.8 Å². The van der Waals surface area contributed by atoms with Crippen molar-refractivity contribution in [2.24, 2.45) is 0 Å². The second kappa shape index (κ2) is 8.13. The van der Waals surface area contributed by atoms with Crippen LogP contribution in [0.4, 0.5) is 5.82 Å². The highest BCUT2D eigenvalue weighted by atomic mass is 15.2. The Morgan fingerprint density at radius 2 is 1.92 bits per heavy atom. The number of hydrogen-bond acceptors (Lipinski definition) is 4. The van der Waals surface area contributed by atoms with Crippen molar-refractivity contribution >= 4 is 5.82 Å². The smallest absolute Gasteiger partial charge is 0.143 e. The molecule has 5 heteroatoms. The minimum absolute atomic E-state index is 0.568. The van der Waals surface area contributed by atoms with Crippen molar-refractivity contribution in [1.82, 2.24) is 19.5 Å². The summed E-state index contributed by atoms with van der Waals surface area (Å²) in [6.45, 7) is 1.08. The number of nitrogens with zero attached hydrogens (tertiary/aromatic N) is 5.